The molecule has 0 atom stereocenters. The van der Waals surface area contributed by atoms with Crippen LogP contribution >= 0.6 is 0 Å². The van der Waals surface area contributed by atoms with Crippen LogP contribution in [0.4, 0.5) is 18.9 Å². The maximum absolute atomic E-state index is 13.4. The molecule has 1 aromatic heterocycles. The summed E-state index contributed by atoms with van der Waals surface area (Å²) in [5.41, 5.74) is 2.51. The van der Waals surface area contributed by atoms with Gasteiger partial charge in [0.25, 0.3) is 0 Å². The zero-order valence-electron chi connectivity index (χ0n) is 16.9. The molecule has 0 unspecified atom stereocenters. The minimum atomic E-state index is -4.33. The number of hydrogen-bond donors (Lipinski definition) is 0. The molecule has 1 aliphatic heterocycles. The SMILES string of the molecule is CC1CC(c2cccc(N3Cc4cccc(C(F)(F)F)c4C3)c2)(c2nncn2C)C1. The standard InChI is InChI=1S/C23H23F3N4/c1-15-10-22(11-15,21-28-27-14-29(21)2)17-6-4-7-18(9-17)30-12-16-5-3-8-20(19(16)13-30)23(24,25)26/h3-9,14-15H,10-13H2,1-2H3. The predicted octanol–water partition coefficient (Wildman–Crippen LogP) is 5.07. The lowest BCUT2D eigenvalue weighted by Crippen LogP contribution is -2.43. The number of rotatable bonds is 3. The number of hydrogen-bond acceptors (Lipinski definition) is 3. The Morgan fingerprint density at radius 1 is 1.07 bits per heavy atom. The van der Waals surface area contributed by atoms with Crippen molar-refractivity contribution in [3.8, 4) is 0 Å². The van der Waals surface area contributed by atoms with E-state index in [2.05, 4.69) is 29.3 Å². The summed E-state index contributed by atoms with van der Waals surface area (Å²) in [6.07, 6.45) is -0.636. The molecule has 2 aromatic carbocycles. The van der Waals surface area contributed by atoms with Crippen molar-refractivity contribution in [3.05, 3.63) is 76.9 Å². The molecular weight excluding hydrogens is 389 g/mol. The predicted molar refractivity (Wildman–Crippen MR) is 108 cm³/mol. The quantitative estimate of drug-likeness (QED) is 0.602. The topological polar surface area (TPSA) is 34.0 Å². The molecule has 5 rings (SSSR count). The van der Waals surface area contributed by atoms with Gasteiger partial charge in [0.1, 0.15) is 12.2 Å². The van der Waals surface area contributed by atoms with Gasteiger partial charge < -0.3 is 9.47 Å². The fourth-order valence-electron chi connectivity index (χ4n) is 5.26. The molecule has 0 saturated heterocycles. The number of aromatic nitrogens is 3. The van der Waals surface area contributed by atoms with E-state index in [1.54, 1.807) is 12.4 Å². The minimum absolute atomic E-state index is 0.190. The second-order valence-electron chi connectivity index (χ2n) is 8.71. The molecule has 1 saturated carbocycles. The van der Waals surface area contributed by atoms with Gasteiger partial charge in [-0.1, -0.05) is 31.2 Å². The van der Waals surface area contributed by atoms with E-state index in [4.69, 9.17) is 0 Å². The van der Waals surface area contributed by atoms with Gasteiger partial charge in [-0.3, -0.25) is 0 Å². The van der Waals surface area contributed by atoms with Crippen LogP contribution in [0.3, 0.4) is 0 Å². The maximum atomic E-state index is 13.4. The summed E-state index contributed by atoms with van der Waals surface area (Å²) in [6, 6.07) is 12.7. The molecule has 1 aliphatic carbocycles. The van der Waals surface area contributed by atoms with E-state index in [1.165, 1.54) is 12.1 Å². The number of halogens is 3. The van der Waals surface area contributed by atoms with Crippen molar-refractivity contribution in [2.24, 2.45) is 13.0 Å². The highest BCUT2D eigenvalue weighted by atomic mass is 19.4. The normalized spacial score (nSPS) is 23.4. The number of nitrogens with zero attached hydrogens (tertiary/aromatic N) is 4. The summed E-state index contributed by atoms with van der Waals surface area (Å²) < 4.78 is 42.3. The van der Waals surface area contributed by atoms with Gasteiger partial charge in [-0.25, -0.2) is 0 Å². The molecule has 2 aliphatic rings. The molecule has 0 amide bonds. The van der Waals surface area contributed by atoms with Crippen LogP contribution in [-0.2, 0) is 31.7 Å². The molecule has 30 heavy (non-hydrogen) atoms. The number of alkyl halides is 3. The van der Waals surface area contributed by atoms with E-state index in [1.807, 2.05) is 28.6 Å². The number of benzene rings is 2. The van der Waals surface area contributed by atoms with E-state index in [9.17, 15) is 13.2 Å². The van der Waals surface area contributed by atoms with Crippen molar-refractivity contribution in [2.45, 2.75) is 44.4 Å². The van der Waals surface area contributed by atoms with Gasteiger partial charge in [-0.2, -0.15) is 13.2 Å². The van der Waals surface area contributed by atoms with Crippen LogP contribution in [0, 0.1) is 5.92 Å². The van der Waals surface area contributed by atoms with Crippen LogP contribution in [0.5, 0.6) is 0 Å². The number of fused-ring (bicyclic) bond motifs is 1. The second kappa shape index (κ2) is 6.59. The Labute approximate surface area is 173 Å². The molecule has 0 spiro atoms. The highest BCUT2D eigenvalue weighted by molar-refractivity contribution is 5.57. The number of anilines is 1. The molecule has 156 valence electrons. The fraction of sp³-hybridized carbons (Fsp3) is 0.391. The molecule has 7 heteroatoms. The molecule has 0 radical (unpaired) electrons. The van der Waals surface area contributed by atoms with Crippen molar-refractivity contribution >= 4 is 5.69 Å². The van der Waals surface area contributed by atoms with E-state index < -0.39 is 11.7 Å². The Hall–Kier alpha value is -2.83. The van der Waals surface area contributed by atoms with Gasteiger partial charge in [0.15, 0.2) is 0 Å². The molecule has 4 nitrogen and oxygen atoms in total. The van der Waals surface area contributed by atoms with Gasteiger partial charge in [0, 0.05) is 25.8 Å². The first-order valence-corrected chi connectivity index (χ1v) is 10.2. The van der Waals surface area contributed by atoms with Gasteiger partial charge >= 0.3 is 6.18 Å². The fourth-order valence-corrected chi connectivity index (χ4v) is 5.26. The number of aryl methyl sites for hydroxylation is 1. The molecular formula is C23H23F3N4. The molecule has 0 bridgehead atoms. The third kappa shape index (κ3) is 2.90. The molecule has 3 aromatic rings. The van der Waals surface area contributed by atoms with Crippen LogP contribution in [0.2, 0.25) is 0 Å². The summed E-state index contributed by atoms with van der Waals surface area (Å²) in [7, 11) is 1.96. The summed E-state index contributed by atoms with van der Waals surface area (Å²) in [6.45, 7) is 2.98. The van der Waals surface area contributed by atoms with Crippen molar-refractivity contribution in [1.82, 2.24) is 14.8 Å². The van der Waals surface area contributed by atoms with Crippen LogP contribution in [0.1, 0.15) is 47.8 Å². The van der Waals surface area contributed by atoms with E-state index in [0.717, 1.165) is 35.5 Å². The van der Waals surface area contributed by atoms with Gasteiger partial charge in [-0.05, 0) is 53.6 Å². The Balaban J connectivity index is 1.50. The summed E-state index contributed by atoms with van der Waals surface area (Å²) in [5, 5.41) is 8.47. The van der Waals surface area contributed by atoms with E-state index in [0.29, 0.717) is 18.0 Å². The average molecular weight is 412 g/mol. The van der Waals surface area contributed by atoms with Crippen LogP contribution in [-0.4, -0.2) is 14.8 Å². The average Bonchev–Trinajstić information content (AvgIpc) is 3.30. The summed E-state index contributed by atoms with van der Waals surface area (Å²) in [5.74, 6) is 1.54. The van der Waals surface area contributed by atoms with Crippen LogP contribution in [0.15, 0.2) is 48.8 Å². The Bertz CT molecular complexity index is 1100. The summed E-state index contributed by atoms with van der Waals surface area (Å²) in [4.78, 5) is 2.02. The summed E-state index contributed by atoms with van der Waals surface area (Å²) >= 11 is 0. The van der Waals surface area contributed by atoms with Crippen molar-refractivity contribution < 1.29 is 13.2 Å². The van der Waals surface area contributed by atoms with Gasteiger partial charge in [0.2, 0.25) is 0 Å². The Morgan fingerprint density at radius 3 is 2.50 bits per heavy atom. The minimum Gasteiger partial charge on any atom is -0.363 e. The van der Waals surface area contributed by atoms with Crippen LogP contribution in [0.25, 0.3) is 0 Å². The first-order chi connectivity index (χ1) is 14.3. The first kappa shape index (κ1) is 19.2. The molecule has 0 N–H and O–H groups in total. The maximum Gasteiger partial charge on any atom is 0.416 e. The monoisotopic (exact) mass is 412 g/mol. The van der Waals surface area contributed by atoms with Crippen molar-refractivity contribution in [1.29, 1.82) is 0 Å². The van der Waals surface area contributed by atoms with Crippen molar-refractivity contribution in [2.75, 3.05) is 4.90 Å². The third-order valence-electron chi connectivity index (χ3n) is 6.59. The highest BCUT2D eigenvalue weighted by Gasteiger charge is 2.48. The second-order valence-corrected chi connectivity index (χ2v) is 8.71. The zero-order chi connectivity index (χ0) is 21.1. The lowest BCUT2D eigenvalue weighted by atomic mass is 9.58. The molecule has 2 heterocycles. The molecule has 1 fully saturated rings. The smallest absolute Gasteiger partial charge is 0.363 e. The van der Waals surface area contributed by atoms with Crippen LogP contribution < -0.4 is 4.90 Å². The third-order valence-corrected chi connectivity index (χ3v) is 6.59. The first-order valence-electron chi connectivity index (χ1n) is 10.2. The lowest BCUT2D eigenvalue weighted by Gasteiger charge is -2.46. The lowest BCUT2D eigenvalue weighted by molar-refractivity contribution is -0.138. The highest BCUT2D eigenvalue weighted by Crippen LogP contribution is 2.52. The van der Waals surface area contributed by atoms with E-state index >= 15 is 0 Å². The van der Waals surface area contributed by atoms with Gasteiger partial charge in [-0.15, -0.1) is 10.2 Å². The largest absolute Gasteiger partial charge is 0.416 e. The Morgan fingerprint density at radius 2 is 1.83 bits per heavy atom. The van der Waals surface area contributed by atoms with Gasteiger partial charge in [0.05, 0.1) is 11.0 Å². The van der Waals surface area contributed by atoms with E-state index in [-0.39, 0.29) is 12.0 Å². The van der Waals surface area contributed by atoms with Crippen molar-refractivity contribution in [3.63, 3.8) is 0 Å². The zero-order valence-corrected chi connectivity index (χ0v) is 16.9. The Kier molecular flexibility index (Phi) is 4.21.